The molecule has 0 saturated heterocycles. The average molecular weight is 237 g/mol. The van der Waals surface area contributed by atoms with Crippen molar-refractivity contribution in [3.63, 3.8) is 0 Å². The van der Waals surface area contributed by atoms with Gasteiger partial charge in [-0.3, -0.25) is 0 Å². The fraction of sp³-hybridized carbons (Fsp3) is 0.714. The first kappa shape index (κ1) is 12.1. The van der Waals surface area contributed by atoms with E-state index in [4.69, 9.17) is 0 Å². The molecule has 0 atom stereocenters. The lowest BCUT2D eigenvalue weighted by atomic mass is 9.83. The smallest absolute Gasteiger partial charge is 0.0216 e. The van der Waals surface area contributed by atoms with Crippen molar-refractivity contribution in [2.45, 2.75) is 58.0 Å². The normalized spacial score (nSPS) is 25.8. The molecule has 1 aromatic heterocycles. The SMILES string of the molecule is CCCC1CCC(NCc2ccsc2)CC1. The fourth-order valence-corrected chi connectivity index (χ4v) is 3.39. The second-order valence-electron chi connectivity index (χ2n) is 5.02. The third kappa shape index (κ3) is 3.60. The Balaban J connectivity index is 1.65. The number of thiophene rings is 1. The predicted molar refractivity (Wildman–Crippen MR) is 71.8 cm³/mol. The second-order valence-corrected chi connectivity index (χ2v) is 5.80. The van der Waals surface area contributed by atoms with E-state index in [1.165, 1.54) is 44.1 Å². The molecule has 1 aliphatic carbocycles. The molecule has 1 N–H and O–H groups in total. The minimum atomic E-state index is 0.771. The summed E-state index contributed by atoms with van der Waals surface area (Å²) in [4.78, 5) is 0. The van der Waals surface area contributed by atoms with E-state index in [-0.39, 0.29) is 0 Å². The van der Waals surface area contributed by atoms with Gasteiger partial charge in [-0.1, -0.05) is 19.8 Å². The first-order valence-electron chi connectivity index (χ1n) is 6.63. The van der Waals surface area contributed by atoms with Crippen LogP contribution in [0.4, 0.5) is 0 Å². The Hall–Kier alpha value is -0.340. The van der Waals surface area contributed by atoms with Gasteiger partial charge < -0.3 is 5.32 Å². The molecule has 1 saturated carbocycles. The Kier molecular flexibility index (Phi) is 4.86. The molecule has 1 fully saturated rings. The lowest BCUT2D eigenvalue weighted by Gasteiger charge is -2.29. The van der Waals surface area contributed by atoms with Crippen LogP contribution < -0.4 is 5.32 Å². The van der Waals surface area contributed by atoms with Gasteiger partial charge in [0.15, 0.2) is 0 Å². The van der Waals surface area contributed by atoms with Crippen molar-refractivity contribution >= 4 is 11.3 Å². The van der Waals surface area contributed by atoms with E-state index < -0.39 is 0 Å². The summed E-state index contributed by atoms with van der Waals surface area (Å²) < 4.78 is 0. The van der Waals surface area contributed by atoms with Gasteiger partial charge in [0, 0.05) is 12.6 Å². The summed E-state index contributed by atoms with van der Waals surface area (Å²) in [6.45, 7) is 3.37. The van der Waals surface area contributed by atoms with Crippen LogP contribution in [0.15, 0.2) is 16.8 Å². The van der Waals surface area contributed by atoms with Gasteiger partial charge in [0.2, 0.25) is 0 Å². The topological polar surface area (TPSA) is 12.0 Å². The Morgan fingerprint density at radius 3 is 2.75 bits per heavy atom. The lowest BCUT2D eigenvalue weighted by Crippen LogP contribution is -2.32. The molecule has 1 heterocycles. The summed E-state index contributed by atoms with van der Waals surface area (Å²) in [6.07, 6.45) is 8.45. The minimum Gasteiger partial charge on any atom is -0.310 e. The largest absolute Gasteiger partial charge is 0.310 e. The number of nitrogens with one attached hydrogen (secondary N) is 1. The number of rotatable bonds is 5. The average Bonchev–Trinajstić information content (AvgIpc) is 2.82. The van der Waals surface area contributed by atoms with Crippen molar-refractivity contribution in [3.05, 3.63) is 22.4 Å². The second kappa shape index (κ2) is 6.41. The molecule has 1 nitrogen and oxygen atoms in total. The van der Waals surface area contributed by atoms with Crippen LogP contribution in [0.25, 0.3) is 0 Å². The Bertz CT molecular complexity index is 273. The van der Waals surface area contributed by atoms with Crippen molar-refractivity contribution in [3.8, 4) is 0 Å². The Morgan fingerprint density at radius 1 is 1.31 bits per heavy atom. The van der Waals surface area contributed by atoms with E-state index in [1.54, 1.807) is 11.3 Å². The highest BCUT2D eigenvalue weighted by Gasteiger charge is 2.19. The highest BCUT2D eigenvalue weighted by molar-refractivity contribution is 7.07. The van der Waals surface area contributed by atoms with Gasteiger partial charge in [-0.2, -0.15) is 11.3 Å². The zero-order valence-corrected chi connectivity index (χ0v) is 11.1. The number of hydrogen-bond donors (Lipinski definition) is 1. The fourth-order valence-electron chi connectivity index (χ4n) is 2.72. The maximum atomic E-state index is 3.69. The lowest BCUT2D eigenvalue weighted by molar-refractivity contribution is 0.277. The molecule has 1 aliphatic rings. The summed E-state index contributed by atoms with van der Waals surface area (Å²) in [7, 11) is 0. The van der Waals surface area contributed by atoms with Crippen LogP contribution >= 0.6 is 11.3 Å². The van der Waals surface area contributed by atoms with Gasteiger partial charge in [0.05, 0.1) is 0 Å². The summed E-state index contributed by atoms with van der Waals surface area (Å²) in [5.41, 5.74) is 1.45. The van der Waals surface area contributed by atoms with Crippen LogP contribution in [-0.2, 0) is 6.54 Å². The van der Waals surface area contributed by atoms with Crippen LogP contribution in [0.2, 0.25) is 0 Å². The monoisotopic (exact) mass is 237 g/mol. The molecular weight excluding hydrogens is 214 g/mol. The molecule has 0 amide bonds. The van der Waals surface area contributed by atoms with Crippen LogP contribution in [-0.4, -0.2) is 6.04 Å². The molecule has 2 rings (SSSR count). The molecule has 0 radical (unpaired) electrons. The van der Waals surface area contributed by atoms with Gasteiger partial charge >= 0.3 is 0 Å². The zero-order valence-electron chi connectivity index (χ0n) is 10.2. The highest BCUT2D eigenvalue weighted by Crippen LogP contribution is 2.27. The summed E-state index contributed by atoms with van der Waals surface area (Å²) in [5.74, 6) is 1.02. The molecule has 16 heavy (non-hydrogen) atoms. The molecule has 0 unspecified atom stereocenters. The molecule has 0 aliphatic heterocycles. The van der Waals surface area contributed by atoms with Crippen LogP contribution in [0.1, 0.15) is 51.0 Å². The van der Waals surface area contributed by atoms with E-state index in [0.717, 1.165) is 18.5 Å². The summed E-state index contributed by atoms with van der Waals surface area (Å²) >= 11 is 1.79. The van der Waals surface area contributed by atoms with E-state index in [9.17, 15) is 0 Å². The van der Waals surface area contributed by atoms with E-state index >= 15 is 0 Å². The summed E-state index contributed by atoms with van der Waals surface area (Å²) in [6, 6.07) is 2.99. The third-order valence-electron chi connectivity index (χ3n) is 3.72. The molecule has 0 bridgehead atoms. The van der Waals surface area contributed by atoms with Crippen molar-refractivity contribution in [2.75, 3.05) is 0 Å². The van der Waals surface area contributed by atoms with Crippen LogP contribution in [0.5, 0.6) is 0 Å². The third-order valence-corrected chi connectivity index (χ3v) is 4.45. The van der Waals surface area contributed by atoms with Crippen LogP contribution in [0.3, 0.4) is 0 Å². The van der Waals surface area contributed by atoms with E-state index in [1.807, 2.05) is 0 Å². The maximum Gasteiger partial charge on any atom is 0.0216 e. The quantitative estimate of drug-likeness (QED) is 0.809. The molecular formula is C14H23NS. The minimum absolute atomic E-state index is 0.771. The van der Waals surface area contributed by atoms with Gasteiger partial charge in [-0.15, -0.1) is 0 Å². The van der Waals surface area contributed by atoms with Crippen molar-refractivity contribution < 1.29 is 0 Å². The van der Waals surface area contributed by atoms with E-state index in [0.29, 0.717) is 0 Å². The first-order chi connectivity index (χ1) is 7.88. The Morgan fingerprint density at radius 2 is 2.12 bits per heavy atom. The molecule has 0 aromatic carbocycles. The van der Waals surface area contributed by atoms with Gasteiger partial charge in [-0.25, -0.2) is 0 Å². The highest BCUT2D eigenvalue weighted by atomic mass is 32.1. The summed E-state index contributed by atoms with van der Waals surface area (Å²) in [5, 5.41) is 8.10. The predicted octanol–water partition coefficient (Wildman–Crippen LogP) is 4.20. The van der Waals surface area contributed by atoms with Gasteiger partial charge in [-0.05, 0) is 54.0 Å². The number of hydrogen-bond acceptors (Lipinski definition) is 2. The Labute approximate surface area is 103 Å². The van der Waals surface area contributed by atoms with E-state index in [2.05, 4.69) is 29.1 Å². The standard InChI is InChI=1S/C14H23NS/c1-2-3-12-4-6-14(7-5-12)15-10-13-8-9-16-11-13/h8-9,11-12,14-15H,2-7,10H2,1H3. The first-order valence-corrected chi connectivity index (χ1v) is 7.57. The van der Waals surface area contributed by atoms with Crippen molar-refractivity contribution in [2.24, 2.45) is 5.92 Å². The van der Waals surface area contributed by atoms with Crippen molar-refractivity contribution in [1.29, 1.82) is 0 Å². The maximum absolute atomic E-state index is 3.69. The molecule has 90 valence electrons. The zero-order chi connectivity index (χ0) is 11.2. The molecule has 0 spiro atoms. The van der Waals surface area contributed by atoms with Crippen molar-refractivity contribution in [1.82, 2.24) is 5.32 Å². The van der Waals surface area contributed by atoms with Gasteiger partial charge in [0.1, 0.15) is 0 Å². The van der Waals surface area contributed by atoms with Crippen LogP contribution in [0, 0.1) is 5.92 Å². The molecule has 2 heteroatoms. The molecule has 1 aromatic rings. The van der Waals surface area contributed by atoms with Gasteiger partial charge in [0.25, 0.3) is 0 Å².